The molecule has 0 aliphatic rings. The van der Waals surface area contributed by atoms with Crippen LogP contribution in [0.4, 0.5) is 13.9 Å². The molecule has 0 fully saturated rings. The van der Waals surface area contributed by atoms with Crippen molar-refractivity contribution in [2.45, 2.75) is 19.8 Å². The number of benzene rings is 2. The third-order valence-corrected chi connectivity index (χ3v) is 4.67. The van der Waals surface area contributed by atoms with E-state index in [-0.39, 0.29) is 23.6 Å². The molecule has 0 saturated heterocycles. The Morgan fingerprint density at radius 2 is 1.90 bits per heavy atom. The molecule has 0 unspecified atom stereocenters. The molecular weight excluding hydrogens is 398 g/mol. The number of hydrogen-bond acceptors (Lipinski definition) is 5. The van der Waals surface area contributed by atoms with Gasteiger partial charge in [-0.25, -0.2) is 13.8 Å². The van der Waals surface area contributed by atoms with E-state index in [1.54, 1.807) is 5.38 Å². The second kappa shape index (κ2) is 9.97. The quantitative estimate of drug-likeness (QED) is 0.480. The Kier molecular flexibility index (Phi) is 7.13. The summed E-state index contributed by atoms with van der Waals surface area (Å²) in [4.78, 5) is 16.3. The van der Waals surface area contributed by atoms with Crippen LogP contribution in [-0.4, -0.2) is 24.1 Å². The Morgan fingerprint density at radius 1 is 1.14 bits per heavy atom. The number of halogens is 2. The van der Waals surface area contributed by atoms with E-state index in [1.165, 1.54) is 0 Å². The minimum atomic E-state index is -0.570. The van der Waals surface area contributed by atoms with E-state index in [0.29, 0.717) is 36.3 Å². The van der Waals surface area contributed by atoms with Gasteiger partial charge in [0.15, 0.2) is 16.6 Å². The van der Waals surface area contributed by atoms with E-state index in [9.17, 15) is 13.6 Å². The van der Waals surface area contributed by atoms with Gasteiger partial charge in [-0.1, -0.05) is 12.1 Å². The molecule has 1 amide bonds. The normalized spacial score (nSPS) is 10.6. The zero-order valence-corrected chi connectivity index (χ0v) is 16.6. The van der Waals surface area contributed by atoms with Crippen LogP contribution in [0.1, 0.15) is 19.8 Å². The lowest BCUT2D eigenvalue weighted by atomic mass is 10.1. The Labute approximate surface area is 171 Å². The summed E-state index contributed by atoms with van der Waals surface area (Å²) < 4.78 is 38.3. The van der Waals surface area contributed by atoms with Crippen molar-refractivity contribution in [1.82, 2.24) is 4.98 Å². The fourth-order valence-electron chi connectivity index (χ4n) is 2.59. The van der Waals surface area contributed by atoms with Crippen LogP contribution in [0, 0.1) is 11.6 Å². The number of nitrogens with zero attached hydrogens (tertiary/aromatic N) is 1. The van der Waals surface area contributed by atoms with Crippen LogP contribution in [0.15, 0.2) is 47.8 Å². The molecule has 1 aromatic heterocycles. The van der Waals surface area contributed by atoms with Crippen LogP contribution in [0.25, 0.3) is 11.3 Å². The molecule has 3 rings (SSSR count). The van der Waals surface area contributed by atoms with Gasteiger partial charge >= 0.3 is 0 Å². The predicted molar refractivity (Wildman–Crippen MR) is 108 cm³/mol. The Bertz CT molecular complexity index is 978. The van der Waals surface area contributed by atoms with Gasteiger partial charge in [0.25, 0.3) is 0 Å². The molecule has 0 bridgehead atoms. The first kappa shape index (κ1) is 20.7. The van der Waals surface area contributed by atoms with E-state index in [2.05, 4.69) is 10.3 Å². The highest BCUT2D eigenvalue weighted by Gasteiger charge is 2.12. The topological polar surface area (TPSA) is 60.5 Å². The summed E-state index contributed by atoms with van der Waals surface area (Å²) in [5.41, 5.74) is 0.335. The maximum absolute atomic E-state index is 13.8. The number of hydrogen-bond donors (Lipinski definition) is 1. The summed E-state index contributed by atoms with van der Waals surface area (Å²) in [5, 5.41) is 4.57. The number of anilines is 1. The first-order valence-electron chi connectivity index (χ1n) is 9.12. The van der Waals surface area contributed by atoms with Gasteiger partial charge < -0.3 is 14.8 Å². The highest BCUT2D eigenvalue weighted by molar-refractivity contribution is 7.14. The van der Waals surface area contributed by atoms with Crippen molar-refractivity contribution in [1.29, 1.82) is 0 Å². The van der Waals surface area contributed by atoms with Gasteiger partial charge in [0.1, 0.15) is 11.6 Å². The zero-order chi connectivity index (χ0) is 20.6. The molecule has 0 spiro atoms. The van der Waals surface area contributed by atoms with Gasteiger partial charge in [-0.3, -0.25) is 4.79 Å². The van der Waals surface area contributed by atoms with E-state index in [1.807, 2.05) is 31.2 Å². The minimum Gasteiger partial charge on any atom is -0.490 e. The maximum atomic E-state index is 13.8. The number of para-hydroxylation sites is 2. The van der Waals surface area contributed by atoms with E-state index >= 15 is 0 Å². The van der Waals surface area contributed by atoms with Gasteiger partial charge in [0.2, 0.25) is 5.91 Å². The van der Waals surface area contributed by atoms with Crippen LogP contribution in [-0.2, 0) is 4.79 Å². The molecule has 0 aliphatic heterocycles. The monoisotopic (exact) mass is 418 g/mol. The Morgan fingerprint density at radius 3 is 2.66 bits per heavy atom. The molecule has 0 atom stereocenters. The van der Waals surface area contributed by atoms with Gasteiger partial charge in [0.05, 0.1) is 18.9 Å². The maximum Gasteiger partial charge on any atom is 0.226 e. The summed E-state index contributed by atoms with van der Waals surface area (Å²) in [6, 6.07) is 10.5. The van der Waals surface area contributed by atoms with E-state index < -0.39 is 11.6 Å². The fourth-order valence-corrected chi connectivity index (χ4v) is 3.32. The molecule has 0 radical (unpaired) electrons. The molecule has 1 heterocycles. The molecular formula is C21H20F2N2O3S. The third-order valence-electron chi connectivity index (χ3n) is 3.91. The van der Waals surface area contributed by atoms with Crippen molar-refractivity contribution >= 4 is 22.4 Å². The third kappa shape index (κ3) is 5.74. The molecule has 29 heavy (non-hydrogen) atoms. The predicted octanol–water partition coefficient (Wildman–Crippen LogP) is 5.28. The first-order valence-corrected chi connectivity index (χ1v) is 10.00. The van der Waals surface area contributed by atoms with Gasteiger partial charge in [-0.05, 0) is 43.7 Å². The Balaban J connectivity index is 1.48. The van der Waals surface area contributed by atoms with Crippen LogP contribution in [0.2, 0.25) is 0 Å². The first-order chi connectivity index (χ1) is 14.1. The molecule has 1 N–H and O–H groups in total. The molecule has 8 heteroatoms. The Hall–Kier alpha value is -3.00. The second-order valence-corrected chi connectivity index (χ2v) is 6.90. The molecule has 3 aromatic rings. The lowest BCUT2D eigenvalue weighted by Crippen LogP contribution is -2.12. The second-order valence-electron chi connectivity index (χ2n) is 6.04. The van der Waals surface area contributed by atoms with Crippen LogP contribution in [0.5, 0.6) is 11.5 Å². The molecule has 0 aliphatic carbocycles. The number of thiazole rings is 1. The summed E-state index contributed by atoms with van der Waals surface area (Å²) >= 11 is 1.15. The number of amides is 1. The van der Waals surface area contributed by atoms with Crippen molar-refractivity contribution in [3.63, 3.8) is 0 Å². The molecule has 152 valence electrons. The molecule has 5 nitrogen and oxygen atoms in total. The minimum absolute atomic E-state index is 0.0584. The van der Waals surface area contributed by atoms with Crippen molar-refractivity contribution in [2.24, 2.45) is 0 Å². The smallest absolute Gasteiger partial charge is 0.226 e. The fraction of sp³-hybridized carbons (Fsp3) is 0.238. The largest absolute Gasteiger partial charge is 0.490 e. The SMILES string of the molecule is CCOc1ccccc1OCCCC(=O)Nc1nc(-c2cc(F)ccc2F)cs1. The average molecular weight is 418 g/mol. The number of ether oxygens (including phenoxy) is 2. The van der Waals surface area contributed by atoms with Crippen LogP contribution >= 0.6 is 11.3 Å². The highest BCUT2D eigenvalue weighted by atomic mass is 32.1. The average Bonchev–Trinajstić information content (AvgIpc) is 3.16. The van der Waals surface area contributed by atoms with Gasteiger partial charge in [0, 0.05) is 17.4 Å². The van der Waals surface area contributed by atoms with Crippen molar-refractivity contribution < 1.29 is 23.0 Å². The number of carbonyl (C=O) groups excluding carboxylic acids is 1. The van der Waals surface area contributed by atoms with Crippen molar-refractivity contribution in [3.05, 3.63) is 59.5 Å². The molecule has 2 aromatic carbocycles. The van der Waals surface area contributed by atoms with Crippen molar-refractivity contribution in [3.8, 4) is 22.8 Å². The number of rotatable bonds is 9. The zero-order valence-electron chi connectivity index (χ0n) is 15.8. The van der Waals surface area contributed by atoms with Gasteiger partial charge in [-0.2, -0.15) is 0 Å². The summed E-state index contributed by atoms with van der Waals surface area (Å²) in [6.07, 6.45) is 0.739. The molecule has 0 saturated carbocycles. The summed E-state index contributed by atoms with van der Waals surface area (Å²) in [5.74, 6) is -0.0481. The highest BCUT2D eigenvalue weighted by Crippen LogP contribution is 2.28. The van der Waals surface area contributed by atoms with Gasteiger partial charge in [-0.15, -0.1) is 11.3 Å². The number of carbonyl (C=O) groups is 1. The standard InChI is InChI=1S/C21H20F2N2O3S/c1-2-27-18-6-3-4-7-19(18)28-11-5-8-20(26)25-21-24-17(13-29-21)15-12-14(22)9-10-16(15)23/h3-4,6-7,9-10,12-13H,2,5,8,11H2,1H3,(H,24,25,26). The number of aromatic nitrogens is 1. The van der Waals surface area contributed by atoms with Crippen LogP contribution in [0.3, 0.4) is 0 Å². The lowest BCUT2D eigenvalue weighted by Gasteiger charge is -2.11. The summed E-state index contributed by atoms with van der Waals surface area (Å²) in [6.45, 7) is 2.79. The van der Waals surface area contributed by atoms with Crippen molar-refractivity contribution in [2.75, 3.05) is 18.5 Å². The van der Waals surface area contributed by atoms with Crippen LogP contribution < -0.4 is 14.8 Å². The lowest BCUT2D eigenvalue weighted by molar-refractivity contribution is -0.116. The van der Waals surface area contributed by atoms with E-state index in [4.69, 9.17) is 9.47 Å². The van der Waals surface area contributed by atoms with E-state index in [0.717, 1.165) is 29.5 Å². The number of nitrogens with one attached hydrogen (secondary N) is 1. The summed E-state index contributed by atoms with van der Waals surface area (Å²) in [7, 11) is 0.